The van der Waals surface area contributed by atoms with Crippen LogP contribution in [0.1, 0.15) is 35.6 Å². The normalized spacial score (nSPS) is 33.8. The number of thiazole rings is 1. The number of rotatable bonds is 1. The van der Waals surface area contributed by atoms with Crippen molar-refractivity contribution in [2.75, 3.05) is 0 Å². The molecule has 5 heteroatoms. The molecule has 5 atom stereocenters. The maximum atomic E-state index is 12.1. The second kappa shape index (κ2) is 4.79. The Hall–Kier alpha value is -1.46. The summed E-state index contributed by atoms with van der Waals surface area (Å²) in [6.07, 6.45) is 6.34. The van der Waals surface area contributed by atoms with E-state index in [0.717, 1.165) is 16.9 Å². The third-order valence-electron chi connectivity index (χ3n) is 6.42. The predicted octanol–water partition coefficient (Wildman–Crippen LogP) is 4.57. The fourth-order valence-corrected chi connectivity index (χ4v) is 8.43. The molecule has 0 unspecified atom stereocenters. The molecule has 1 aromatic carbocycles. The number of nitrogens with one attached hydrogen (secondary N) is 2. The minimum atomic E-state index is 0.102. The van der Waals surface area contributed by atoms with Gasteiger partial charge < -0.3 is 9.97 Å². The van der Waals surface area contributed by atoms with E-state index in [2.05, 4.69) is 40.4 Å². The van der Waals surface area contributed by atoms with Gasteiger partial charge in [-0.3, -0.25) is 4.79 Å². The maximum Gasteiger partial charge on any atom is 0.305 e. The van der Waals surface area contributed by atoms with Gasteiger partial charge in [0, 0.05) is 33.1 Å². The Kier molecular flexibility index (Phi) is 2.75. The molecule has 24 heavy (non-hydrogen) atoms. The predicted molar refractivity (Wildman–Crippen MR) is 99.0 cm³/mol. The molecule has 2 aliphatic carbocycles. The van der Waals surface area contributed by atoms with Crippen molar-refractivity contribution < 1.29 is 0 Å². The van der Waals surface area contributed by atoms with Crippen LogP contribution in [0.5, 0.6) is 0 Å². The van der Waals surface area contributed by atoms with E-state index in [9.17, 15) is 4.79 Å². The van der Waals surface area contributed by atoms with E-state index < -0.39 is 0 Å². The van der Waals surface area contributed by atoms with Gasteiger partial charge in [-0.25, -0.2) is 0 Å². The number of para-hydroxylation sites is 1. The molecule has 0 saturated heterocycles. The highest BCUT2D eigenvalue weighted by atomic mass is 32.2. The van der Waals surface area contributed by atoms with E-state index in [0.29, 0.717) is 17.1 Å². The van der Waals surface area contributed by atoms with Gasteiger partial charge >= 0.3 is 4.87 Å². The first-order valence-electron chi connectivity index (χ1n) is 8.75. The Morgan fingerprint density at radius 2 is 2.00 bits per heavy atom. The summed E-state index contributed by atoms with van der Waals surface area (Å²) >= 11 is 3.40. The topological polar surface area (TPSA) is 48.6 Å². The molecule has 6 rings (SSSR count). The molecule has 2 bridgehead atoms. The van der Waals surface area contributed by atoms with Crippen LogP contribution in [0.25, 0.3) is 10.9 Å². The number of hydrogen-bond donors (Lipinski definition) is 2. The summed E-state index contributed by atoms with van der Waals surface area (Å²) in [7, 11) is 0. The minimum absolute atomic E-state index is 0.102. The number of H-pyrrole nitrogens is 2. The Bertz CT molecular complexity index is 1000. The standard InChI is InChI=1S/C19H18N2OS2/c22-19-21-18-17(24-19)15(12-8-20-13-4-2-1-3-11(12)13)14-9-5-6-10(7-9)16(14)23-18/h1-4,8-10,14-16,20H,5-7H2,(H,21,22)/t9-,10-,14-,15+,16-/m1/s1. The van der Waals surface area contributed by atoms with Crippen molar-refractivity contribution in [3.05, 3.63) is 50.6 Å². The van der Waals surface area contributed by atoms with E-state index in [1.807, 2.05) is 11.8 Å². The number of aromatic nitrogens is 2. The zero-order valence-electron chi connectivity index (χ0n) is 13.1. The highest BCUT2D eigenvalue weighted by molar-refractivity contribution is 8.00. The summed E-state index contributed by atoms with van der Waals surface area (Å²) in [5.41, 5.74) is 2.60. The highest BCUT2D eigenvalue weighted by Gasteiger charge is 2.55. The Labute approximate surface area is 147 Å². The van der Waals surface area contributed by atoms with Gasteiger partial charge in [0.05, 0.1) is 5.03 Å². The Morgan fingerprint density at radius 3 is 2.96 bits per heavy atom. The summed E-state index contributed by atoms with van der Waals surface area (Å²) in [6, 6.07) is 8.57. The van der Waals surface area contributed by atoms with Gasteiger partial charge in [-0.15, -0.1) is 11.8 Å². The summed E-state index contributed by atoms with van der Waals surface area (Å²) in [5, 5.41) is 3.15. The molecule has 3 heterocycles. The van der Waals surface area contributed by atoms with E-state index in [1.165, 1.54) is 51.9 Å². The van der Waals surface area contributed by atoms with Crippen LogP contribution < -0.4 is 4.87 Å². The van der Waals surface area contributed by atoms with Crippen LogP contribution in [0.3, 0.4) is 0 Å². The first-order chi connectivity index (χ1) is 11.8. The maximum absolute atomic E-state index is 12.1. The van der Waals surface area contributed by atoms with Gasteiger partial charge in [-0.2, -0.15) is 0 Å². The van der Waals surface area contributed by atoms with Gasteiger partial charge in [0.2, 0.25) is 0 Å². The monoisotopic (exact) mass is 354 g/mol. The lowest BCUT2D eigenvalue weighted by Crippen LogP contribution is -2.33. The Balaban J connectivity index is 1.61. The van der Waals surface area contributed by atoms with Crippen molar-refractivity contribution in [2.45, 2.75) is 35.5 Å². The molecule has 0 spiro atoms. The quantitative estimate of drug-likeness (QED) is 0.672. The number of thioether (sulfide) groups is 1. The second-order valence-corrected chi connectivity index (χ2v) is 9.67. The zero-order chi connectivity index (χ0) is 15.8. The summed E-state index contributed by atoms with van der Waals surface area (Å²) in [5.74, 6) is 2.74. The first kappa shape index (κ1) is 13.8. The summed E-state index contributed by atoms with van der Waals surface area (Å²) in [6.45, 7) is 0. The SMILES string of the molecule is O=c1[nH]c2c(s1)[C@@H](c1c[nH]c3ccccc13)[C@H]1[C@@H]3CC[C@H](C3)[C@H]1S2. The van der Waals surface area contributed by atoms with Crippen LogP contribution in [-0.4, -0.2) is 15.2 Å². The molecule has 2 N–H and O–H groups in total. The number of benzene rings is 1. The van der Waals surface area contributed by atoms with Crippen molar-refractivity contribution in [3.63, 3.8) is 0 Å². The lowest BCUT2D eigenvalue weighted by atomic mass is 9.75. The summed E-state index contributed by atoms with van der Waals surface area (Å²) < 4.78 is 0. The van der Waals surface area contributed by atoms with Gasteiger partial charge in [-0.1, -0.05) is 29.5 Å². The molecule has 2 aromatic heterocycles. The average Bonchev–Trinajstić information content (AvgIpc) is 3.34. The van der Waals surface area contributed by atoms with Crippen molar-refractivity contribution >= 4 is 34.0 Å². The fraction of sp³-hybridized carbons (Fsp3) is 0.421. The van der Waals surface area contributed by atoms with Gasteiger partial charge in [0.1, 0.15) is 0 Å². The average molecular weight is 355 g/mol. The van der Waals surface area contributed by atoms with E-state index >= 15 is 0 Å². The lowest BCUT2D eigenvalue weighted by Gasteiger charge is -2.39. The molecule has 3 aliphatic rings. The van der Waals surface area contributed by atoms with Crippen LogP contribution >= 0.6 is 23.1 Å². The number of aromatic amines is 2. The molecular weight excluding hydrogens is 336 g/mol. The highest BCUT2D eigenvalue weighted by Crippen LogP contribution is 2.64. The molecule has 122 valence electrons. The zero-order valence-corrected chi connectivity index (χ0v) is 14.8. The van der Waals surface area contributed by atoms with Crippen LogP contribution in [0.15, 0.2) is 40.3 Å². The third kappa shape index (κ3) is 1.72. The van der Waals surface area contributed by atoms with Crippen molar-refractivity contribution in [1.82, 2.24) is 9.97 Å². The second-order valence-electron chi connectivity index (χ2n) is 7.47. The van der Waals surface area contributed by atoms with Gasteiger partial charge in [0.25, 0.3) is 0 Å². The molecule has 2 saturated carbocycles. The number of fused-ring (bicyclic) bond motifs is 7. The van der Waals surface area contributed by atoms with E-state index in [-0.39, 0.29) is 4.87 Å². The number of hydrogen-bond acceptors (Lipinski definition) is 3. The molecule has 1 aliphatic heterocycles. The minimum Gasteiger partial charge on any atom is -0.361 e. The molecule has 3 nitrogen and oxygen atoms in total. The molecule has 0 amide bonds. The van der Waals surface area contributed by atoms with Gasteiger partial charge in [0.15, 0.2) is 0 Å². The molecule has 0 radical (unpaired) electrons. The molecule has 2 fully saturated rings. The molecule has 3 aromatic rings. The largest absolute Gasteiger partial charge is 0.361 e. The van der Waals surface area contributed by atoms with E-state index in [1.54, 1.807) is 0 Å². The van der Waals surface area contributed by atoms with Crippen LogP contribution in [0, 0.1) is 17.8 Å². The van der Waals surface area contributed by atoms with Crippen LogP contribution in [-0.2, 0) is 0 Å². The Morgan fingerprint density at radius 1 is 1.12 bits per heavy atom. The summed E-state index contributed by atoms with van der Waals surface area (Å²) in [4.78, 5) is 20.0. The van der Waals surface area contributed by atoms with Crippen molar-refractivity contribution in [3.8, 4) is 0 Å². The van der Waals surface area contributed by atoms with E-state index in [4.69, 9.17) is 0 Å². The lowest BCUT2D eigenvalue weighted by molar-refractivity contribution is 0.308. The smallest absolute Gasteiger partial charge is 0.305 e. The molecular formula is C19H18N2OS2. The van der Waals surface area contributed by atoms with Crippen LogP contribution in [0.4, 0.5) is 0 Å². The van der Waals surface area contributed by atoms with Crippen LogP contribution in [0.2, 0.25) is 0 Å². The fourth-order valence-electron chi connectivity index (χ4n) is 5.55. The third-order valence-corrected chi connectivity index (χ3v) is 9.05. The van der Waals surface area contributed by atoms with Gasteiger partial charge in [-0.05, 0) is 48.6 Å². The van der Waals surface area contributed by atoms with Crippen molar-refractivity contribution in [1.29, 1.82) is 0 Å². The first-order valence-corrected chi connectivity index (χ1v) is 10.4. The van der Waals surface area contributed by atoms with Crippen molar-refractivity contribution in [2.24, 2.45) is 17.8 Å².